The van der Waals surface area contributed by atoms with Crippen molar-refractivity contribution in [3.05, 3.63) is 0 Å². The van der Waals surface area contributed by atoms with Gasteiger partial charge in [-0.1, -0.05) is 0 Å². The van der Waals surface area contributed by atoms with Gasteiger partial charge >= 0.3 is 26.2 Å². The first kappa shape index (κ1) is 28.1. The zero-order valence-electron chi connectivity index (χ0n) is 16.8. The molecule has 0 radical (unpaired) electrons. The first-order valence-corrected chi connectivity index (χ1v) is 14.2. The van der Waals surface area contributed by atoms with Crippen molar-refractivity contribution in [3.8, 4) is 0 Å². The van der Waals surface area contributed by atoms with E-state index in [4.69, 9.17) is 35.4 Å². The van der Waals surface area contributed by atoms with Crippen LogP contribution in [0.25, 0.3) is 0 Å². The highest BCUT2D eigenvalue weighted by Crippen LogP contribution is 2.03. The molecule has 11 heteroatoms. The highest BCUT2D eigenvalue weighted by atomic mass is 28.4. The van der Waals surface area contributed by atoms with Crippen LogP contribution >= 0.6 is 0 Å². The molecule has 0 aromatic heterocycles. The molecule has 0 rings (SSSR count). The summed E-state index contributed by atoms with van der Waals surface area (Å²) in [7, 11) is 6.85. The Morgan fingerprint density at radius 1 is 0.348 bits per heavy atom. The maximum absolute atomic E-state index is 5.00. The first-order chi connectivity index (χ1) is 10.5. The Bertz CT molecular complexity index is 220. The third kappa shape index (κ3) is 15.6. The van der Waals surface area contributed by atoms with Gasteiger partial charge in [-0.3, -0.25) is 0 Å². The zero-order chi connectivity index (χ0) is 19.2. The van der Waals surface area contributed by atoms with Crippen LogP contribution in [0.3, 0.4) is 0 Å². The molecule has 0 spiro atoms. The van der Waals surface area contributed by atoms with Crippen molar-refractivity contribution in [1.82, 2.24) is 0 Å². The van der Waals surface area contributed by atoms with Crippen molar-refractivity contribution >= 4 is 26.2 Å². The molecule has 23 heavy (non-hydrogen) atoms. The molecule has 0 aliphatic carbocycles. The lowest BCUT2D eigenvalue weighted by Gasteiger charge is -2.18. The summed E-state index contributed by atoms with van der Waals surface area (Å²) in [5, 5.41) is 0. The average molecular weight is 393 g/mol. The largest absolute Gasteiger partial charge is 0.496 e. The van der Waals surface area contributed by atoms with Gasteiger partial charge in [0.15, 0.2) is 0 Å². The molecule has 0 atom stereocenters. The average Bonchev–Trinajstić information content (AvgIpc) is 2.61. The van der Waals surface area contributed by atoms with Crippen molar-refractivity contribution in [2.45, 2.75) is 26.2 Å². The Balaban J connectivity index is -0.000000262. The van der Waals surface area contributed by atoms with Crippen molar-refractivity contribution < 1.29 is 35.4 Å². The van der Waals surface area contributed by atoms with Gasteiger partial charge in [-0.15, -0.1) is 0 Å². The quantitative estimate of drug-likeness (QED) is 0.581. The molecule has 0 aliphatic heterocycles. The van der Waals surface area contributed by atoms with Gasteiger partial charge < -0.3 is 35.4 Å². The SMILES string of the molecule is CO[Si](C)(C)OC.CO[Si](C)(OC)OC.CO[Si](C)(OC)OC. The lowest BCUT2D eigenvalue weighted by molar-refractivity contribution is 0.131. The van der Waals surface area contributed by atoms with E-state index in [1.165, 1.54) is 0 Å². The highest BCUT2D eigenvalue weighted by Gasteiger charge is 2.30. The lowest BCUT2D eigenvalue weighted by Crippen LogP contribution is -2.38. The van der Waals surface area contributed by atoms with E-state index in [1.807, 2.05) is 26.2 Å². The van der Waals surface area contributed by atoms with E-state index in [9.17, 15) is 0 Å². The van der Waals surface area contributed by atoms with E-state index in [0.717, 1.165) is 0 Å². The molecule has 0 fully saturated rings. The standard InChI is InChI=1S/2C4H12O3Si.C4H12O2Si/c2*1-5-8(4,6-2)7-3;1-5-7(3,4)6-2/h2*1-4H3;1-4H3. The van der Waals surface area contributed by atoms with Crippen LogP contribution in [-0.4, -0.2) is 83.0 Å². The fourth-order valence-electron chi connectivity index (χ4n) is 0.583. The summed E-state index contributed by atoms with van der Waals surface area (Å²) in [6.07, 6.45) is 0. The van der Waals surface area contributed by atoms with Crippen LogP contribution in [-0.2, 0) is 35.4 Å². The summed E-state index contributed by atoms with van der Waals surface area (Å²) in [4.78, 5) is 0. The lowest BCUT2D eigenvalue weighted by atomic mass is 11.8. The van der Waals surface area contributed by atoms with E-state index in [1.54, 1.807) is 56.9 Å². The van der Waals surface area contributed by atoms with Crippen LogP contribution in [0, 0.1) is 0 Å². The molecule has 144 valence electrons. The summed E-state index contributed by atoms with van der Waals surface area (Å²) in [6, 6.07) is 0. The molecule has 0 aromatic rings. The number of hydrogen-bond donors (Lipinski definition) is 0. The Labute approximate surface area is 145 Å². The van der Waals surface area contributed by atoms with Crippen molar-refractivity contribution in [1.29, 1.82) is 0 Å². The topological polar surface area (TPSA) is 73.8 Å². The van der Waals surface area contributed by atoms with Crippen molar-refractivity contribution in [2.75, 3.05) is 56.9 Å². The Morgan fingerprint density at radius 3 is 0.522 bits per heavy atom. The number of hydrogen-bond acceptors (Lipinski definition) is 8. The molecule has 0 heterocycles. The predicted octanol–water partition coefficient (Wildman–Crippen LogP) is 1.97. The van der Waals surface area contributed by atoms with Crippen molar-refractivity contribution in [3.63, 3.8) is 0 Å². The monoisotopic (exact) mass is 392 g/mol. The normalized spacial score (nSPS) is 12.0. The molecule has 0 N–H and O–H groups in total. The third-order valence-electron chi connectivity index (χ3n) is 3.21. The first-order valence-electron chi connectivity index (χ1n) is 6.90. The van der Waals surface area contributed by atoms with Crippen LogP contribution in [0.5, 0.6) is 0 Å². The van der Waals surface area contributed by atoms with Crippen LogP contribution in [0.4, 0.5) is 0 Å². The molecule has 0 unspecified atom stereocenters. The van der Waals surface area contributed by atoms with Crippen LogP contribution < -0.4 is 0 Å². The highest BCUT2D eigenvalue weighted by molar-refractivity contribution is 6.64. The molecule has 0 amide bonds. The van der Waals surface area contributed by atoms with Gasteiger partial charge in [0.25, 0.3) is 0 Å². The fraction of sp³-hybridized carbons (Fsp3) is 1.00. The van der Waals surface area contributed by atoms with E-state index in [-0.39, 0.29) is 0 Å². The fourth-order valence-corrected chi connectivity index (χ4v) is 1.75. The van der Waals surface area contributed by atoms with Gasteiger partial charge in [-0.2, -0.15) is 0 Å². The molecular formula is C12H36O8Si3. The molecule has 0 aromatic carbocycles. The minimum atomic E-state index is -2.17. The Morgan fingerprint density at radius 2 is 0.522 bits per heavy atom. The predicted molar refractivity (Wildman–Crippen MR) is 96.8 cm³/mol. The van der Waals surface area contributed by atoms with E-state index in [0.29, 0.717) is 0 Å². The second-order valence-corrected chi connectivity index (χ2v) is 14.3. The number of rotatable bonds is 8. The molecule has 0 aliphatic rings. The second-order valence-electron chi connectivity index (χ2n) is 4.76. The molecule has 0 bridgehead atoms. The summed E-state index contributed by atoms with van der Waals surface area (Å²) in [5.41, 5.74) is 0. The molecular weight excluding hydrogens is 356 g/mol. The van der Waals surface area contributed by atoms with E-state index < -0.39 is 26.2 Å². The Kier molecular flexibility index (Phi) is 17.9. The van der Waals surface area contributed by atoms with Gasteiger partial charge in [0, 0.05) is 70.0 Å². The van der Waals surface area contributed by atoms with E-state index in [2.05, 4.69) is 0 Å². The molecule has 0 saturated heterocycles. The van der Waals surface area contributed by atoms with Gasteiger partial charge in [-0.05, 0) is 13.1 Å². The van der Waals surface area contributed by atoms with Gasteiger partial charge in [-0.25, -0.2) is 0 Å². The van der Waals surface area contributed by atoms with Gasteiger partial charge in [0.2, 0.25) is 0 Å². The maximum Gasteiger partial charge on any atom is 0.496 e. The molecule has 8 nitrogen and oxygen atoms in total. The Hall–Kier alpha value is 0.331. The van der Waals surface area contributed by atoms with Gasteiger partial charge in [0.1, 0.15) is 0 Å². The summed E-state index contributed by atoms with van der Waals surface area (Å²) >= 11 is 0. The smallest absolute Gasteiger partial charge is 0.398 e. The van der Waals surface area contributed by atoms with Crippen LogP contribution in [0.15, 0.2) is 0 Å². The van der Waals surface area contributed by atoms with Crippen LogP contribution in [0.1, 0.15) is 0 Å². The minimum Gasteiger partial charge on any atom is -0.398 e. The molecule has 0 saturated carbocycles. The van der Waals surface area contributed by atoms with Gasteiger partial charge in [0.05, 0.1) is 0 Å². The maximum atomic E-state index is 5.00. The summed E-state index contributed by atoms with van der Waals surface area (Å²) in [5.74, 6) is 0. The zero-order valence-corrected chi connectivity index (χ0v) is 19.8. The third-order valence-corrected chi connectivity index (χ3v) is 9.62. The second kappa shape index (κ2) is 14.7. The minimum absolute atomic E-state index is 1.58. The summed E-state index contributed by atoms with van der Waals surface area (Å²) < 4.78 is 39.6. The van der Waals surface area contributed by atoms with Crippen LogP contribution in [0.2, 0.25) is 26.2 Å². The van der Waals surface area contributed by atoms with E-state index >= 15 is 0 Å². The van der Waals surface area contributed by atoms with Crippen molar-refractivity contribution in [2.24, 2.45) is 0 Å². The summed E-state index contributed by atoms with van der Waals surface area (Å²) in [6.45, 7) is 7.64.